The third-order valence-corrected chi connectivity index (χ3v) is 5.70. The van der Waals surface area contributed by atoms with Crippen LogP contribution in [0.15, 0.2) is 28.7 Å². The van der Waals surface area contributed by atoms with Gasteiger partial charge in [-0.15, -0.1) is 0 Å². The van der Waals surface area contributed by atoms with Gasteiger partial charge in [0.05, 0.1) is 0 Å². The lowest BCUT2D eigenvalue weighted by atomic mass is 9.99. The molecule has 0 unspecified atom stereocenters. The van der Waals surface area contributed by atoms with Gasteiger partial charge in [-0.05, 0) is 43.0 Å². The van der Waals surface area contributed by atoms with Crippen molar-refractivity contribution in [1.82, 2.24) is 9.03 Å². The Bertz CT molecular complexity index is 525. The Hall–Kier alpha value is -0.470. The van der Waals surface area contributed by atoms with E-state index in [1.54, 1.807) is 0 Å². The first-order valence-electron chi connectivity index (χ1n) is 6.70. The fourth-order valence-corrected chi connectivity index (χ4v) is 3.74. The van der Waals surface area contributed by atoms with Gasteiger partial charge in [-0.3, -0.25) is 0 Å². The number of nitrogens with two attached hydrogens (primary N) is 1. The number of nitrogens with one attached hydrogen (secondary N) is 1. The lowest BCUT2D eigenvalue weighted by Crippen LogP contribution is -2.45. The summed E-state index contributed by atoms with van der Waals surface area (Å²) in [5.74, 6) is 0.452. The minimum atomic E-state index is -3.39. The molecule has 0 aromatic heterocycles. The van der Waals surface area contributed by atoms with Crippen molar-refractivity contribution in [2.24, 2.45) is 11.7 Å². The van der Waals surface area contributed by atoms with E-state index in [0.29, 0.717) is 32.1 Å². The molecule has 0 saturated carbocycles. The van der Waals surface area contributed by atoms with E-state index in [1.165, 1.54) is 4.31 Å². The summed E-state index contributed by atoms with van der Waals surface area (Å²) in [6, 6.07) is 7.59. The highest BCUT2D eigenvalue weighted by atomic mass is 79.9. The zero-order valence-electron chi connectivity index (χ0n) is 11.3. The van der Waals surface area contributed by atoms with Gasteiger partial charge < -0.3 is 5.73 Å². The highest BCUT2D eigenvalue weighted by Crippen LogP contribution is 2.18. The molecule has 3 N–H and O–H groups in total. The Morgan fingerprint density at radius 1 is 1.25 bits per heavy atom. The van der Waals surface area contributed by atoms with Crippen LogP contribution < -0.4 is 10.5 Å². The molecule has 1 fully saturated rings. The van der Waals surface area contributed by atoms with Crippen molar-refractivity contribution >= 4 is 26.1 Å². The zero-order chi connectivity index (χ0) is 14.6. The first kappa shape index (κ1) is 15.9. The molecule has 1 aromatic carbocycles. The number of rotatable bonds is 5. The van der Waals surface area contributed by atoms with E-state index in [9.17, 15) is 8.42 Å². The van der Waals surface area contributed by atoms with E-state index >= 15 is 0 Å². The fraction of sp³-hybridized carbons (Fsp3) is 0.538. The highest BCUT2D eigenvalue weighted by molar-refractivity contribution is 9.10. The Kier molecular flexibility index (Phi) is 5.57. The number of halogens is 1. The summed E-state index contributed by atoms with van der Waals surface area (Å²) < 4.78 is 29.5. The van der Waals surface area contributed by atoms with E-state index in [0.717, 1.165) is 22.9 Å². The van der Waals surface area contributed by atoms with Crippen molar-refractivity contribution in [2.75, 3.05) is 19.6 Å². The monoisotopic (exact) mass is 361 g/mol. The van der Waals surface area contributed by atoms with Crippen LogP contribution in [0.25, 0.3) is 0 Å². The molecule has 1 heterocycles. The topological polar surface area (TPSA) is 75.4 Å². The molecule has 7 heteroatoms. The molecule has 112 valence electrons. The molecule has 1 aliphatic heterocycles. The summed E-state index contributed by atoms with van der Waals surface area (Å²) in [6.07, 6.45) is 1.69. The molecular formula is C13H20BrN3O2S. The second-order valence-corrected chi connectivity index (χ2v) is 7.70. The second-order valence-electron chi connectivity index (χ2n) is 5.03. The molecule has 0 aliphatic carbocycles. The minimum Gasteiger partial charge on any atom is -0.330 e. The predicted octanol–water partition coefficient (Wildman–Crippen LogP) is 1.45. The van der Waals surface area contributed by atoms with Gasteiger partial charge in [0.1, 0.15) is 0 Å². The Balaban J connectivity index is 1.89. The maximum Gasteiger partial charge on any atom is 0.279 e. The maximum atomic E-state index is 12.2. The molecular weight excluding hydrogens is 342 g/mol. The van der Waals surface area contributed by atoms with E-state index in [1.807, 2.05) is 24.3 Å². The van der Waals surface area contributed by atoms with Crippen LogP contribution >= 0.6 is 15.9 Å². The van der Waals surface area contributed by atoms with Crippen LogP contribution in [0.3, 0.4) is 0 Å². The third kappa shape index (κ3) is 4.26. The van der Waals surface area contributed by atoms with Crippen molar-refractivity contribution < 1.29 is 8.42 Å². The average molecular weight is 362 g/mol. The van der Waals surface area contributed by atoms with Gasteiger partial charge >= 0.3 is 0 Å². The molecule has 0 radical (unpaired) electrons. The molecule has 1 saturated heterocycles. The van der Waals surface area contributed by atoms with Crippen molar-refractivity contribution in [1.29, 1.82) is 0 Å². The lowest BCUT2D eigenvalue weighted by molar-refractivity contribution is 0.275. The standard InChI is InChI=1S/C13H20BrN3O2S/c14-13-3-1-12(2-4-13)10-16-20(18,19)17-7-5-11(9-15)6-8-17/h1-4,11,16H,5-10,15H2. The largest absolute Gasteiger partial charge is 0.330 e. The van der Waals surface area contributed by atoms with Crippen LogP contribution in [0.4, 0.5) is 0 Å². The van der Waals surface area contributed by atoms with Gasteiger partial charge in [0, 0.05) is 24.1 Å². The highest BCUT2D eigenvalue weighted by Gasteiger charge is 2.26. The average Bonchev–Trinajstić information content (AvgIpc) is 2.47. The number of hydrogen-bond donors (Lipinski definition) is 2. The van der Waals surface area contributed by atoms with Crippen LogP contribution in [-0.4, -0.2) is 32.4 Å². The first-order chi connectivity index (χ1) is 9.51. The molecule has 0 spiro atoms. The minimum absolute atomic E-state index is 0.312. The molecule has 0 atom stereocenters. The van der Waals surface area contributed by atoms with Crippen molar-refractivity contribution in [2.45, 2.75) is 19.4 Å². The quantitative estimate of drug-likeness (QED) is 0.833. The second kappa shape index (κ2) is 7.00. The molecule has 0 amide bonds. The van der Waals surface area contributed by atoms with E-state index in [4.69, 9.17) is 5.73 Å². The molecule has 1 aliphatic rings. The summed E-state index contributed by atoms with van der Waals surface area (Å²) in [5, 5.41) is 0. The summed E-state index contributed by atoms with van der Waals surface area (Å²) in [4.78, 5) is 0. The molecule has 1 aromatic rings. The summed E-state index contributed by atoms with van der Waals surface area (Å²) in [7, 11) is -3.39. The summed E-state index contributed by atoms with van der Waals surface area (Å²) in [6.45, 7) is 2.06. The molecule has 20 heavy (non-hydrogen) atoms. The first-order valence-corrected chi connectivity index (χ1v) is 8.94. The van der Waals surface area contributed by atoms with Gasteiger partial charge in [-0.25, -0.2) is 0 Å². The Morgan fingerprint density at radius 3 is 2.40 bits per heavy atom. The fourth-order valence-electron chi connectivity index (χ4n) is 2.25. The molecule has 0 bridgehead atoms. The van der Waals surface area contributed by atoms with Gasteiger partial charge in [0.25, 0.3) is 10.2 Å². The molecule has 5 nitrogen and oxygen atoms in total. The van der Waals surface area contributed by atoms with Gasteiger partial charge in [0.2, 0.25) is 0 Å². The SMILES string of the molecule is NCC1CCN(S(=O)(=O)NCc2ccc(Br)cc2)CC1. The van der Waals surface area contributed by atoms with E-state index in [2.05, 4.69) is 20.7 Å². The number of piperidine rings is 1. The van der Waals surface area contributed by atoms with Gasteiger partial charge in [-0.2, -0.15) is 17.4 Å². The maximum absolute atomic E-state index is 12.2. The lowest BCUT2D eigenvalue weighted by Gasteiger charge is -2.30. The van der Waals surface area contributed by atoms with Crippen molar-refractivity contribution in [3.8, 4) is 0 Å². The van der Waals surface area contributed by atoms with Crippen molar-refractivity contribution in [3.63, 3.8) is 0 Å². The number of nitrogens with zero attached hydrogens (tertiary/aromatic N) is 1. The third-order valence-electron chi connectivity index (χ3n) is 3.62. The van der Waals surface area contributed by atoms with Crippen molar-refractivity contribution in [3.05, 3.63) is 34.3 Å². The van der Waals surface area contributed by atoms with Gasteiger partial charge in [0.15, 0.2) is 0 Å². The number of benzene rings is 1. The van der Waals surface area contributed by atoms with Crippen LogP contribution in [-0.2, 0) is 16.8 Å². The Morgan fingerprint density at radius 2 is 1.85 bits per heavy atom. The zero-order valence-corrected chi connectivity index (χ0v) is 13.7. The smallest absolute Gasteiger partial charge is 0.279 e. The molecule has 2 rings (SSSR count). The van der Waals surface area contributed by atoms with E-state index in [-0.39, 0.29) is 0 Å². The van der Waals surface area contributed by atoms with Crippen LogP contribution in [0.5, 0.6) is 0 Å². The van der Waals surface area contributed by atoms with Crippen LogP contribution in [0.1, 0.15) is 18.4 Å². The normalized spacial score (nSPS) is 18.3. The predicted molar refractivity (Wildman–Crippen MR) is 83.3 cm³/mol. The van der Waals surface area contributed by atoms with Crippen LogP contribution in [0.2, 0.25) is 0 Å². The van der Waals surface area contributed by atoms with E-state index < -0.39 is 10.2 Å². The van der Waals surface area contributed by atoms with Gasteiger partial charge in [-0.1, -0.05) is 28.1 Å². The Labute approximate surface area is 128 Å². The van der Waals surface area contributed by atoms with Crippen LogP contribution in [0, 0.1) is 5.92 Å². The summed E-state index contributed by atoms with van der Waals surface area (Å²) >= 11 is 3.35. The number of hydrogen-bond acceptors (Lipinski definition) is 3. The summed E-state index contributed by atoms with van der Waals surface area (Å²) in [5.41, 5.74) is 6.56.